The van der Waals surface area contributed by atoms with Gasteiger partial charge in [-0.3, -0.25) is 0 Å². The van der Waals surface area contributed by atoms with E-state index < -0.39 is 0 Å². The predicted octanol–water partition coefficient (Wildman–Crippen LogP) is 8.17. The summed E-state index contributed by atoms with van der Waals surface area (Å²) in [6.07, 6.45) is 0. The minimum Gasteiger partial charge on any atom is -0.0616 e. The van der Waals surface area contributed by atoms with Gasteiger partial charge in [0.05, 0.1) is 0 Å². The highest BCUT2D eigenvalue weighted by atomic mass is 79.9. The lowest BCUT2D eigenvalue weighted by molar-refractivity contribution is 1.62. The molecular weight excluding hydrogens is 392 g/mol. The fourth-order valence-electron chi connectivity index (χ4n) is 4.56. The zero-order chi connectivity index (χ0) is 18.0. The number of halogens is 1. The molecule has 6 aromatic rings. The molecule has 0 saturated heterocycles. The van der Waals surface area contributed by atoms with E-state index in [0.29, 0.717) is 0 Å². The second-order valence-corrected chi connectivity index (χ2v) is 7.93. The van der Waals surface area contributed by atoms with Gasteiger partial charge in [-0.25, -0.2) is 0 Å². The molecule has 6 aromatic carbocycles. The summed E-state index contributed by atoms with van der Waals surface area (Å²) >= 11 is 3.74. The minimum absolute atomic E-state index is 1.13. The zero-order valence-electron chi connectivity index (χ0n) is 14.5. The largest absolute Gasteiger partial charge is 0.0616 e. The van der Waals surface area contributed by atoms with Crippen LogP contribution in [0.5, 0.6) is 0 Å². The Balaban J connectivity index is 1.90. The van der Waals surface area contributed by atoms with E-state index in [9.17, 15) is 0 Å². The van der Waals surface area contributed by atoms with Crippen molar-refractivity contribution in [3.8, 4) is 11.1 Å². The van der Waals surface area contributed by atoms with Crippen molar-refractivity contribution in [1.29, 1.82) is 0 Å². The summed E-state index contributed by atoms with van der Waals surface area (Å²) in [5, 5.41) is 10.7. The molecule has 0 atom stereocenters. The van der Waals surface area contributed by atoms with Gasteiger partial charge in [0.2, 0.25) is 0 Å². The molecule has 126 valence electrons. The SMILES string of the molecule is Brc1ccccc1-c1ccc2c3cccc4cccc(c5cccc1c52)c43. The van der Waals surface area contributed by atoms with Crippen molar-refractivity contribution in [2.75, 3.05) is 0 Å². The molecule has 0 aliphatic rings. The second kappa shape index (κ2) is 5.55. The molecule has 0 aliphatic carbocycles. The Kier molecular flexibility index (Phi) is 3.12. The summed E-state index contributed by atoms with van der Waals surface area (Å²) in [4.78, 5) is 0. The summed E-state index contributed by atoms with van der Waals surface area (Å²) in [6.45, 7) is 0. The molecule has 0 heterocycles. The summed E-state index contributed by atoms with van der Waals surface area (Å²) in [5.74, 6) is 0. The van der Waals surface area contributed by atoms with Gasteiger partial charge in [-0.15, -0.1) is 0 Å². The lowest BCUT2D eigenvalue weighted by Crippen LogP contribution is -1.89. The number of fused-ring (bicyclic) bond motifs is 2. The van der Waals surface area contributed by atoms with Gasteiger partial charge in [0.1, 0.15) is 0 Å². The molecule has 0 nitrogen and oxygen atoms in total. The van der Waals surface area contributed by atoms with E-state index in [2.05, 4.69) is 107 Å². The third-order valence-corrected chi connectivity index (χ3v) is 6.38. The number of rotatable bonds is 1. The van der Waals surface area contributed by atoms with Gasteiger partial charge < -0.3 is 0 Å². The number of hydrogen-bond donors (Lipinski definition) is 0. The van der Waals surface area contributed by atoms with E-state index in [1.165, 1.54) is 54.2 Å². The first-order valence-corrected chi connectivity index (χ1v) is 9.95. The maximum Gasteiger partial charge on any atom is 0.0253 e. The first kappa shape index (κ1) is 15.2. The van der Waals surface area contributed by atoms with Crippen molar-refractivity contribution >= 4 is 59.0 Å². The van der Waals surface area contributed by atoms with Crippen LogP contribution in [0.4, 0.5) is 0 Å². The lowest BCUT2D eigenvalue weighted by Gasteiger charge is -2.17. The van der Waals surface area contributed by atoms with E-state index in [0.717, 1.165) is 4.47 Å². The normalized spacial score (nSPS) is 11.9. The Hall–Kier alpha value is -2.90. The Morgan fingerprint density at radius 3 is 1.74 bits per heavy atom. The quantitative estimate of drug-likeness (QED) is 0.190. The van der Waals surface area contributed by atoms with Crippen LogP contribution in [0.2, 0.25) is 0 Å². The molecule has 0 fully saturated rings. The van der Waals surface area contributed by atoms with Crippen molar-refractivity contribution in [3.63, 3.8) is 0 Å². The van der Waals surface area contributed by atoms with Crippen LogP contribution >= 0.6 is 15.9 Å². The Morgan fingerprint density at radius 1 is 0.407 bits per heavy atom. The van der Waals surface area contributed by atoms with Crippen molar-refractivity contribution in [3.05, 3.63) is 95.5 Å². The molecule has 1 heteroatoms. The molecule has 0 amide bonds. The minimum atomic E-state index is 1.13. The smallest absolute Gasteiger partial charge is 0.0253 e. The molecule has 0 radical (unpaired) electrons. The molecule has 6 rings (SSSR count). The average Bonchev–Trinajstić information content (AvgIpc) is 2.72. The van der Waals surface area contributed by atoms with E-state index in [1.807, 2.05) is 0 Å². The van der Waals surface area contributed by atoms with Gasteiger partial charge in [0.25, 0.3) is 0 Å². The Bertz CT molecular complexity index is 1430. The fourth-order valence-corrected chi connectivity index (χ4v) is 5.06. The summed E-state index contributed by atoms with van der Waals surface area (Å²) in [5.41, 5.74) is 2.51. The Labute approximate surface area is 165 Å². The standard InChI is InChI=1S/C26H15Br/c27-24-13-2-1-8-18(24)17-14-15-23-21-10-4-7-16-6-3-9-20(25(16)21)22-12-5-11-19(17)26(22)23/h1-15H. The highest BCUT2D eigenvalue weighted by Gasteiger charge is 2.15. The first-order chi connectivity index (χ1) is 13.3. The molecule has 0 spiro atoms. The average molecular weight is 407 g/mol. The monoisotopic (exact) mass is 406 g/mol. The van der Waals surface area contributed by atoms with Crippen LogP contribution < -0.4 is 0 Å². The van der Waals surface area contributed by atoms with E-state index in [-0.39, 0.29) is 0 Å². The summed E-state index contributed by atoms with van der Waals surface area (Å²) in [7, 11) is 0. The van der Waals surface area contributed by atoms with Gasteiger partial charge in [0, 0.05) is 4.47 Å². The summed E-state index contributed by atoms with van der Waals surface area (Å²) in [6, 6.07) is 33.0. The van der Waals surface area contributed by atoms with Crippen molar-refractivity contribution < 1.29 is 0 Å². The van der Waals surface area contributed by atoms with Gasteiger partial charge in [-0.2, -0.15) is 0 Å². The second-order valence-electron chi connectivity index (χ2n) is 7.08. The van der Waals surface area contributed by atoms with Crippen LogP contribution in [-0.2, 0) is 0 Å². The maximum atomic E-state index is 3.74. The summed E-state index contributed by atoms with van der Waals surface area (Å²) < 4.78 is 1.13. The maximum absolute atomic E-state index is 3.74. The number of benzene rings is 6. The van der Waals surface area contributed by atoms with Crippen LogP contribution in [0.25, 0.3) is 54.2 Å². The third-order valence-electron chi connectivity index (χ3n) is 5.69. The molecule has 0 aromatic heterocycles. The van der Waals surface area contributed by atoms with E-state index >= 15 is 0 Å². The predicted molar refractivity (Wildman–Crippen MR) is 121 cm³/mol. The molecular formula is C26H15Br. The van der Waals surface area contributed by atoms with E-state index in [4.69, 9.17) is 0 Å². The lowest BCUT2D eigenvalue weighted by atomic mass is 9.87. The van der Waals surface area contributed by atoms with Crippen molar-refractivity contribution in [2.24, 2.45) is 0 Å². The van der Waals surface area contributed by atoms with Crippen LogP contribution in [0.1, 0.15) is 0 Å². The van der Waals surface area contributed by atoms with Crippen LogP contribution in [-0.4, -0.2) is 0 Å². The van der Waals surface area contributed by atoms with Crippen LogP contribution in [0.15, 0.2) is 95.5 Å². The van der Waals surface area contributed by atoms with Crippen LogP contribution in [0, 0.1) is 0 Å². The highest BCUT2D eigenvalue weighted by molar-refractivity contribution is 9.10. The highest BCUT2D eigenvalue weighted by Crippen LogP contribution is 2.43. The third kappa shape index (κ3) is 2.03. The molecule has 0 unspecified atom stereocenters. The molecule has 0 saturated carbocycles. The molecule has 0 bridgehead atoms. The molecule has 0 N–H and O–H groups in total. The first-order valence-electron chi connectivity index (χ1n) is 9.16. The van der Waals surface area contributed by atoms with Crippen LogP contribution in [0.3, 0.4) is 0 Å². The van der Waals surface area contributed by atoms with Gasteiger partial charge in [0.15, 0.2) is 0 Å². The molecule has 0 aliphatic heterocycles. The number of hydrogen-bond acceptors (Lipinski definition) is 0. The van der Waals surface area contributed by atoms with Gasteiger partial charge >= 0.3 is 0 Å². The Morgan fingerprint density at radius 2 is 1.00 bits per heavy atom. The molecule has 27 heavy (non-hydrogen) atoms. The van der Waals surface area contributed by atoms with E-state index in [1.54, 1.807) is 0 Å². The van der Waals surface area contributed by atoms with Gasteiger partial charge in [-0.1, -0.05) is 101 Å². The van der Waals surface area contributed by atoms with Crippen molar-refractivity contribution in [2.45, 2.75) is 0 Å². The fraction of sp³-hybridized carbons (Fsp3) is 0. The van der Waals surface area contributed by atoms with Gasteiger partial charge in [-0.05, 0) is 60.3 Å². The van der Waals surface area contributed by atoms with Crippen molar-refractivity contribution in [1.82, 2.24) is 0 Å². The topological polar surface area (TPSA) is 0 Å². The zero-order valence-corrected chi connectivity index (χ0v) is 16.1.